The summed E-state index contributed by atoms with van der Waals surface area (Å²) < 4.78 is 25.1. The Morgan fingerprint density at radius 1 is 1.25 bits per heavy atom. The van der Waals surface area contributed by atoms with Crippen LogP contribution < -0.4 is 5.73 Å². The molecule has 0 spiro atoms. The summed E-state index contributed by atoms with van der Waals surface area (Å²) in [5.41, 5.74) is 4.86. The monoisotopic (exact) mass is 239 g/mol. The van der Waals surface area contributed by atoms with Crippen LogP contribution in [-0.4, -0.2) is 5.11 Å². The van der Waals surface area contributed by atoms with E-state index in [1.165, 1.54) is 0 Å². The van der Waals surface area contributed by atoms with Crippen molar-refractivity contribution in [3.8, 4) is 5.75 Å². The van der Waals surface area contributed by atoms with Crippen LogP contribution >= 0.6 is 17.0 Å². The van der Waals surface area contributed by atoms with E-state index in [2.05, 4.69) is 0 Å². The third-order valence-corrected chi connectivity index (χ3v) is 1.38. The van der Waals surface area contributed by atoms with Crippen molar-refractivity contribution in [3.63, 3.8) is 0 Å². The summed E-state index contributed by atoms with van der Waals surface area (Å²) in [5.74, 6) is -2.24. The molecule has 1 rings (SSSR count). The number of hydrogen-bond acceptors (Lipinski definition) is 2. The van der Waals surface area contributed by atoms with Crippen molar-refractivity contribution in [2.24, 2.45) is 5.73 Å². The fourth-order valence-electron chi connectivity index (χ4n) is 0.777. The van der Waals surface area contributed by atoms with Crippen LogP contribution in [0, 0.1) is 11.6 Å². The molecule has 0 aliphatic heterocycles. The lowest BCUT2D eigenvalue weighted by Crippen LogP contribution is -2.01. The summed E-state index contributed by atoms with van der Waals surface area (Å²) in [5, 5.41) is 8.88. The van der Waals surface area contributed by atoms with Gasteiger partial charge in [-0.25, -0.2) is 8.78 Å². The second kappa shape index (κ2) is 4.37. The number of nitrogens with two attached hydrogens (primary N) is 1. The molecule has 0 atom stereocenters. The molecule has 0 radical (unpaired) electrons. The summed E-state index contributed by atoms with van der Waals surface area (Å²) in [6.45, 7) is -0.213. The van der Waals surface area contributed by atoms with Gasteiger partial charge in [0.1, 0.15) is 5.82 Å². The maximum atomic E-state index is 12.6. The van der Waals surface area contributed by atoms with Gasteiger partial charge in [0, 0.05) is 12.1 Å². The fraction of sp³-hybridized carbons (Fsp3) is 0.143. The molecule has 0 saturated carbocycles. The molecule has 68 valence electrons. The van der Waals surface area contributed by atoms with E-state index in [0.29, 0.717) is 0 Å². The first-order chi connectivity index (χ1) is 5.16. The van der Waals surface area contributed by atoms with Gasteiger partial charge < -0.3 is 10.8 Å². The second-order valence-corrected chi connectivity index (χ2v) is 2.06. The average molecular weight is 240 g/mol. The Morgan fingerprint density at radius 3 is 2.17 bits per heavy atom. The number of benzene rings is 1. The summed E-state index contributed by atoms with van der Waals surface area (Å²) in [7, 11) is 0. The molecule has 12 heavy (non-hydrogen) atoms. The smallest absolute Gasteiger partial charge is 0.165 e. The Morgan fingerprint density at radius 2 is 1.75 bits per heavy atom. The van der Waals surface area contributed by atoms with Crippen LogP contribution in [0.1, 0.15) is 5.56 Å². The van der Waals surface area contributed by atoms with E-state index in [1.807, 2.05) is 0 Å². The van der Waals surface area contributed by atoms with Crippen LogP contribution in [0.4, 0.5) is 8.78 Å². The molecular formula is C7H8BrF2NO. The van der Waals surface area contributed by atoms with Gasteiger partial charge in [0.05, 0.1) is 0 Å². The second-order valence-electron chi connectivity index (χ2n) is 2.06. The summed E-state index contributed by atoms with van der Waals surface area (Å²) in [6, 6.07) is 1.78. The van der Waals surface area contributed by atoms with Crippen LogP contribution in [0.2, 0.25) is 0 Å². The lowest BCUT2D eigenvalue weighted by Gasteiger charge is -2.02. The van der Waals surface area contributed by atoms with E-state index in [4.69, 9.17) is 10.8 Å². The van der Waals surface area contributed by atoms with Gasteiger partial charge >= 0.3 is 0 Å². The predicted octanol–water partition coefficient (Wildman–Crippen LogP) is 1.71. The Bertz CT molecular complexity index is 280. The summed E-state index contributed by atoms with van der Waals surface area (Å²) in [4.78, 5) is 0. The largest absolute Gasteiger partial charge is 0.505 e. The van der Waals surface area contributed by atoms with Crippen molar-refractivity contribution in [3.05, 3.63) is 29.3 Å². The highest BCUT2D eigenvalue weighted by molar-refractivity contribution is 8.93. The minimum Gasteiger partial charge on any atom is -0.505 e. The molecule has 1 aromatic rings. The standard InChI is InChI=1S/C7H7F2NO.BrH/c8-5-1-2-6(9)7(11)4(5)3-10;/h1-2,11H,3,10H2;1H. The van der Waals surface area contributed by atoms with Gasteiger partial charge in [0.25, 0.3) is 0 Å². The number of aromatic hydroxyl groups is 1. The van der Waals surface area contributed by atoms with Gasteiger partial charge in [-0.2, -0.15) is 0 Å². The lowest BCUT2D eigenvalue weighted by molar-refractivity contribution is 0.418. The number of rotatable bonds is 1. The third kappa shape index (κ3) is 1.92. The quantitative estimate of drug-likeness (QED) is 0.784. The van der Waals surface area contributed by atoms with Crippen LogP contribution in [-0.2, 0) is 6.54 Å². The molecule has 0 unspecified atom stereocenters. The molecule has 0 heterocycles. The highest BCUT2D eigenvalue weighted by Crippen LogP contribution is 2.22. The molecule has 0 fully saturated rings. The van der Waals surface area contributed by atoms with Crippen LogP contribution in [0.15, 0.2) is 12.1 Å². The van der Waals surface area contributed by atoms with Crippen LogP contribution in [0.3, 0.4) is 0 Å². The highest BCUT2D eigenvalue weighted by Gasteiger charge is 2.10. The van der Waals surface area contributed by atoms with E-state index in [0.717, 1.165) is 12.1 Å². The van der Waals surface area contributed by atoms with Crippen LogP contribution in [0.5, 0.6) is 5.75 Å². The minimum absolute atomic E-state index is 0. The number of phenols is 1. The van der Waals surface area contributed by atoms with Crippen molar-refractivity contribution >= 4 is 17.0 Å². The first kappa shape index (κ1) is 11.3. The van der Waals surface area contributed by atoms with Crippen molar-refractivity contribution in [2.45, 2.75) is 6.54 Å². The zero-order valence-corrected chi connectivity index (χ0v) is 7.76. The molecule has 0 aromatic heterocycles. The maximum absolute atomic E-state index is 12.6. The topological polar surface area (TPSA) is 46.2 Å². The van der Waals surface area contributed by atoms with Gasteiger partial charge in [-0.1, -0.05) is 0 Å². The van der Waals surface area contributed by atoms with E-state index in [9.17, 15) is 8.78 Å². The van der Waals surface area contributed by atoms with Gasteiger partial charge in [0.2, 0.25) is 0 Å². The molecule has 0 aliphatic rings. The first-order valence-corrected chi connectivity index (χ1v) is 3.02. The zero-order valence-electron chi connectivity index (χ0n) is 6.05. The Hall–Kier alpha value is -0.680. The van der Waals surface area contributed by atoms with Crippen molar-refractivity contribution in [1.82, 2.24) is 0 Å². The fourth-order valence-corrected chi connectivity index (χ4v) is 0.777. The van der Waals surface area contributed by atoms with E-state index < -0.39 is 17.4 Å². The maximum Gasteiger partial charge on any atom is 0.165 e. The van der Waals surface area contributed by atoms with Gasteiger partial charge in [0.15, 0.2) is 11.6 Å². The summed E-state index contributed by atoms with van der Waals surface area (Å²) >= 11 is 0. The number of hydrogen-bond donors (Lipinski definition) is 2. The minimum atomic E-state index is -0.855. The number of phenolic OH excluding ortho intramolecular Hbond substituents is 1. The van der Waals surface area contributed by atoms with E-state index in [1.54, 1.807) is 0 Å². The summed E-state index contributed by atoms with van der Waals surface area (Å²) in [6.07, 6.45) is 0. The molecule has 0 bridgehead atoms. The molecule has 1 aromatic carbocycles. The Kier molecular flexibility index (Phi) is 4.12. The van der Waals surface area contributed by atoms with E-state index >= 15 is 0 Å². The lowest BCUT2D eigenvalue weighted by atomic mass is 10.2. The van der Waals surface area contributed by atoms with Crippen molar-refractivity contribution in [2.75, 3.05) is 0 Å². The molecule has 0 saturated heterocycles. The first-order valence-electron chi connectivity index (χ1n) is 3.02. The number of halogens is 3. The Labute approximate surface area is 78.8 Å². The van der Waals surface area contributed by atoms with E-state index in [-0.39, 0.29) is 29.1 Å². The van der Waals surface area contributed by atoms with Crippen LogP contribution in [0.25, 0.3) is 0 Å². The highest BCUT2D eigenvalue weighted by atomic mass is 79.9. The zero-order chi connectivity index (χ0) is 8.43. The Balaban J connectivity index is 0.00000121. The predicted molar refractivity (Wildman–Crippen MR) is 46.2 cm³/mol. The van der Waals surface area contributed by atoms with Crippen molar-refractivity contribution < 1.29 is 13.9 Å². The van der Waals surface area contributed by atoms with Gasteiger partial charge in [-0.15, -0.1) is 17.0 Å². The third-order valence-electron chi connectivity index (χ3n) is 1.38. The molecule has 2 nitrogen and oxygen atoms in total. The average Bonchev–Trinajstić information content (AvgIpc) is 1.99. The SMILES string of the molecule is Br.NCc1c(F)ccc(F)c1O. The molecular weight excluding hydrogens is 232 g/mol. The van der Waals surface area contributed by atoms with Gasteiger partial charge in [-0.05, 0) is 12.1 Å². The molecule has 0 amide bonds. The molecule has 5 heteroatoms. The molecule has 3 N–H and O–H groups in total. The van der Waals surface area contributed by atoms with Gasteiger partial charge in [-0.3, -0.25) is 0 Å². The molecule has 0 aliphatic carbocycles. The normalized spacial score (nSPS) is 9.25. The van der Waals surface area contributed by atoms with Crippen molar-refractivity contribution in [1.29, 1.82) is 0 Å².